The molecule has 0 radical (unpaired) electrons. The maximum Gasteiger partial charge on any atom is 0.191 e. The molecule has 2 rings (SSSR count). The molecule has 1 saturated heterocycles. The number of sulfone groups is 1. The summed E-state index contributed by atoms with van der Waals surface area (Å²) >= 11 is 1.74. The van der Waals surface area contributed by atoms with E-state index < -0.39 is 9.84 Å². The number of hydrogen-bond acceptors (Lipinski definition) is 4. The number of rotatable bonds is 4. The molecule has 2 N–H and O–H groups in total. The lowest BCUT2D eigenvalue weighted by molar-refractivity contribution is 0.514. The lowest BCUT2D eigenvalue weighted by Crippen LogP contribution is -2.47. The fraction of sp³-hybridized carbons (Fsp3) is 0.643. The molecule has 1 fully saturated rings. The molecule has 5 nitrogen and oxygen atoms in total. The minimum Gasteiger partial charge on any atom is -0.356 e. The summed E-state index contributed by atoms with van der Waals surface area (Å²) in [5.41, 5.74) is 0.00748. The van der Waals surface area contributed by atoms with Crippen LogP contribution in [0.4, 0.5) is 0 Å². The van der Waals surface area contributed by atoms with Gasteiger partial charge in [0, 0.05) is 29.9 Å². The molecule has 1 unspecified atom stereocenters. The van der Waals surface area contributed by atoms with Crippen LogP contribution in [0.3, 0.4) is 0 Å². The normalized spacial score (nSPS) is 22.2. The monoisotopic (exact) mass is 329 g/mol. The van der Waals surface area contributed by atoms with Crippen molar-refractivity contribution >= 4 is 27.1 Å². The van der Waals surface area contributed by atoms with Gasteiger partial charge in [-0.3, -0.25) is 4.99 Å². The van der Waals surface area contributed by atoms with Gasteiger partial charge in [-0.25, -0.2) is 8.42 Å². The zero-order valence-electron chi connectivity index (χ0n) is 12.7. The van der Waals surface area contributed by atoms with E-state index in [1.54, 1.807) is 18.4 Å². The highest BCUT2D eigenvalue weighted by Gasteiger charge is 2.29. The fourth-order valence-electron chi connectivity index (χ4n) is 2.35. The number of nitrogens with zero attached hydrogens (tertiary/aromatic N) is 1. The van der Waals surface area contributed by atoms with Gasteiger partial charge in [0.15, 0.2) is 15.8 Å². The molecule has 1 aromatic heterocycles. The van der Waals surface area contributed by atoms with Crippen LogP contribution < -0.4 is 10.6 Å². The summed E-state index contributed by atoms with van der Waals surface area (Å²) < 4.78 is 23.0. The fourth-order valence-corrected chi connectivity index (χ4v) is 4.88. The second kappa shape index (κ2) is 6.36. The van der Waals surface area contributed by atoms with E-state index in [4.69, 9.17) is 0 Å². The third-order valence-electron chi connectivity index (χ3n) is 3.68. The quantitative estimate of drug-likeness (QED) is 0.647. The third-order valence-corrected chi connectivity index (χ3v) is 6.69. The molecule has 2 heterocycles. The summed E-state index contributed by atoms with van der Waals surface area (Å²) in [4.78, 5) is 5.50. The van der Waals surface area contributed by atoms with Crippen molar-refractivity contribution < 1.29 is 8.42 Å². The van der Waals surface area contributed by atoms with Crippen LogP contribution in [0.2, 0.25) is 0 Å². The summed E-state index contributed by atoms with van der Waals surface area (Å²) in [5.74, 6) is 1.13. The van der Waals surface area contributed by atoms with Crippen LogP contribution in [0.1, 0.15) is 25.1 Å². The van der Waals surface area contributed by atoms with Crippen LogP contribution in [-0.4, -0.2) is 45.5 Å². The van der Waals surface area contributed by atoms with Crippen LogP contribution in [0, 0.1) is 0 Å². The summed E-state index contributed by atoms with van der Waals surface area (Å²) in [6, 6.07) is 4.15. The lowest BCUT2D eigenvalue weighted by Gasteiger charge is -2.25. The first-order valence-electron chi connectivity index (χ1n) is 7.04. The van der Waals surface area contributed by atoms with E-state index in [0.29, 0.717) is 12.4 Å². The van der Waals surface area contributed by atoms with Gasteiger partial charge in [0.05, 0.1) is 11.5 Å². The highest BCUT2D eigenvalue weighted by molar-refractivity contribution is 7.91. The second-order valence-electron chi connectivity index (χ2n) is 6.03. The largest absolute Gasteiger partial charge is 0.356 e. The van der Waals surface area contributed by atoms with Crippen molar-refractivity contribution in [1.29, 1.82) is 0 Å². The van der Waals surface area contributed by atoms with Gasteiger partial charge in [-0.05, 0) is 17.9 Å². The zero-order chi connectivity index (χ0) is 15.5. The molecular weight excluding hydrogens is 306 g/mol. The average Bonchev–Trinajstić information content (AvgIpc) is 3.04. The number of hydrogen-bond donors (Lipinski definition) is 2. The Morgan fingerprint density at radius 1 is 1.52 bits per heavy atom. The summed E-state index contributed by atoms with van der Waals surface area (Å²) in [5, 5.41) is 8.58. The Morgan fingerprint density at radius 2 is 2.29 bits per heavy atom. The van der Waals surface area contributed by atoms with Gasteiger partial charge >= 0.3 is 0 Å². The van der Waals surface area contributed by atoms with Gasteiger partial charge < -0.3 is 10.6 Å². The van der Waals surface area contributed by atoms with Crippen molar-refractivity contribution in [3.05, 3.63) is 22.4 Å². The molecule has 1 aromatic rings. The second-order valence-corrected chi connectivity index (χ2v) is 9.21. The number of aliphatic imine (C=N–C) groups is 1. The Kier molecular flexibility index (Phi) is 4.93. The zero-order valence-corrected chi connectivity index (χ0v) is 14.4. The maximum absolute atomic E-state index is 11.5. The Hall–Kier alpha value is -1.08. The molecule has 1 aliphatic rings. The maximum atomic E-state index is 11.5. The molecule has 0 saturated carbocycles. The minimum absolute atomic E-state index is 0.00748. The molecule has 0 aliphatic carbocycles. The van der Waals surface area contributed by atoms with Gasteiger partial charge in [-0.1, -0.05) is 19.9 Å². The van der Waals surface area contributed by atoms with Gasteiger partial charge in [-0.2, -0.15) is 0 Å². The van der Waals surface area contributed by atoms with E-state index in [9.17, 15) is 8.42 Å². The van der Waals surface area contributed by atoms with E-state index in [0.717, 1.165) is 6.54 Å². The molecule has 0 bridgehead atoms. The molecule has 0 spiro atoms. The first kappa shape index (κ1) is 16.3. The molecule has 118 valence electrons. The van der Waals surface area contributed by atoms with Crippen LogP contribution in [0.15, 0.2) is 22.5 Å². The Labute approximate surface area is 130 Å². The van der Waals surface area contributed by atoms with E-state index in [-0.39, 0.29) is 23.0 Å². The topological polar surface area (TPSA) is 70.6 Å². The molecular formula is C14H23N3O2S2. The lowest BCUT2D eigenvalue weighted by atomic mass is 9.91. The number of thiophene rings is 1. The molecule has 1 atom stereocenters. The Bertz CT molecular complexity index is 592. The van der Waals surface area contributed by atoms with Gasteiger partial charge in [-0.15, -0.1) is 11.3 Å². The predicted octanol–water partition coefficient (Wildman–Crippen LogP) is 1.38. The summed E-state index contributed by atoms with van der Waals surface area (Å²) in [6.45, 7) is 5.10. The first-order chi connectivity index (χ1) is 9.82. The minimum atomic E-state index is -2.87. The van der Waals surface area contributed by atoms with Crippen LogP contribution in [0.25, 0.3) is 0 Å². The van der Waals surface area contributed by atoms with E-state index in [2.05, 4.69) is 47.0 Å². The number of guanidine groups is 1. The number of nitrogens with one attached hydrogen (secondary N) is 2. The van der Waals surface area contributed by atoms with Gasteiger partial charge in [0.2, 0.25) is 0 Å². The molecule has 0 aromatic carbocycles. The van der Waals surface area contributed by atoms with Crippen LogP contribution in [-0.2, 0) is 15.3 Å². The van der Waals surface area contributed by atoms with E-state index >= 15 is 0 Å². The SMILES string of the molecule is CN=C(NCC(C)(C)c1cccs1)NC1CCS(=O)(=O)C1. The van der Waals surface area contributed by atoms with Gasteiger partial charge in [0.1, 0.15) is 0 Å². The molecule has 21 heavy (non-hydrogen) atoms. The highest BCUT2D eigenvalue weighted by atomic mass is 32.2. The third kappa shape index (κ3) is 4.44. The van der Waals surface area contributed by atoms with Crippen molar-refractivity contribution in [2.45, 2.75) is 31.7 Å². The van der Waals surface area contributed by atoms with Crippen LogP contribution in [0.5, 0.6) is 0 Å². The Balaban J connectivity index is 1.89. The summed E-state index contributed by atoms with van der Waals surface area (Å²) in [7, 11) is -1.17. The van der Waals surface area contributed by atoms with Crippen LogP contribution >= 0.6 is 11.3 Å². The van der Waals surface area contributed by atoms with E-state index in [1.807, 2.05) is 0 Å². The van der Waals surface area contributed by atoms with Crippen molar-refractivity contribution in [3.63, 3.8) is 0 Å². The standard InChI is InChI=1S/C14H23N3O2S2/c1-14(2,12-5-4-7-20-12)10-16-13(15-3)17-11-6-8-21(18,19)9-11/h4-5,7,11H,6,8-10H2,1-3H3,(H2,15,16,17). The van der Waals surface area contributed by atoms with E-state index in [1.165, 1.54) is 4.88 Å². The van der Waals surface area contributed by atoms with Crippen molar-refractivity contribution in [2.75, 3.05) is 25.1 Å². The average molecular weight is 329 g/mol. The molecule has 7 heteroatoms. The molecule has 0 amide bonds. The highest BCUT2D eigenvalue weighted by Crippen LogP contribution is 2.26. The summed E-state index contributed by atoms with van der Waals surface area (Å²) in [6.07, 6.45) is 0.650. The van der Waals surface area contributed by atoms with Gasteiger partial charge in [0.25, 0.3) is 0 Å². The smallest absolute Gasteiger partial charge is 0.191 e. The first-order valence-corrected chi connectivity index (χ1v) is 9.74. The molecule has 1 aliphatic heterocycles. The Morgan fingerprint density at radius 3 is 2.81 bits per heavy atom. The predicted molar refractivity (Wildman–Crippen MR) is 88.9 cm³/mol. The van der Waals surface area contributed by atoms with Crippen molar-refractivity contribution in [1.82, 2.24) is 10.6 Å². The van der Waals surface area contributed by atoms with Crippen molar-refractivity contribution in [3.8, 4) is 0 Å². The van der Waals surface area contributed by atoms with Crippen molar-refractivity contribution in [2.24, 2.45) is 4.99 Å².